The number of nitrogens with zero attached hydrogens (tertiary/aromatic N) is 1. The Morgan fingerprint density at radius 1 is 1.33 bits per heavy atom. The first-order valence-electron chi connectivity index (χ1n) is 6.49. The second kappa shape index (κ2) is 7.03. The molecule has 0 aliphatic rings. The number of halogens is 2. The molecule has 0 amide bonds. The van der Waals surface area contributed by atoms with Crippen molar-refractivity contribution in [2.24, 2.45) is 0 Å². The van der Waals surface area contributed by atoms with E-state index in [9.17, 15) is 0 Å². The molecular formula is C14H13Cl2N3S2. The molecule has 0 aliphatic carbocycles. The zero-order valence-electron chi connectivity index (χ0n) is 11.0. The largest absolute Gasteiger partial charge is 0.361 e. The summed E-state index contributed by atoms with van der Waals surface area (Å²) < 4.78 is 4.99. The first-order valence-corrected chi connectivity index (χ1v) is 8.88. The Morgan fingerprint density at radius 2 is 2.24 bits per heavy atom. The predicted octanol–water partition coefficient (Wildman–Crippen LogP) is 5.16. The first-order chi connectivity index (χ1) is 10.2. The van der Waals surface area contributed by atoms with Crippen molar-refractivity contribution in [1.82, 2.24) is 14.7 Å². The van der Waals surface area contributed by atoms with Gasteiger partial charge in [-0.15, -0.1) is 0 Å². The number of fused-ring (bicyclic) bond motifs is 1. The molecule has 0 unspecified atom stereocenters. The summed E-state index contributed by atoms with van der Waals surface area (Å²) in [5.41, 5.74) is 2.44. The lowest BCUT2D eigenvalue weighted by atomic mass is 10.1. The van der Waals surface area contributed by atoms with Crippen molar-refractivity contribution in [1.29, 1.82) is 0 Å². The number of H-pyrrole nitrogens is 1. The van der Waals surface area contributed by atoms with Gasteiger partial charge in [0.25, 0.3) is 0 Å². The molecule has 0 spiro atoms. The molecular weight excluding hydrogens is 345 g/mol. The zero-order chi connectivity index (χ0) is 14.7. The molecule has 3 rings (SSSR count). The number of hydrogen-bond donors (Lipinski definition) is 2. The lowest BCUT2D eigenvalue weighted by Crippen LogP contribution is -2.05. The van der Waals surface area contributed by atoms with Gasteiger partial charge in [-0.05, 0) is 48.6 Å². The highest BCUT2D eigenvalue weighted by Crippen LogP contribution is 2.26. The molecule has 110 valence electrons. The molecule has 3 aromatic rings. The summed E-state index contributed by atoms with van der Waals surface area (Å²) >= 11 is 14.9. The van der Waals surface area contributed by atoms with Crippen molar-refractivity contribution in [3.63, 3.8) is 0 Å². The molecule has 3 nitrogen and oxygen atoms in total. The highest BCUT2D eigenvalue weighted by atomic mass is 35.5. The number of rotatable bonds is 6. The van der Waals surface area contributed by atoms with Crippen LogP contribution in [0.2, 0.25) is 9.49 Å². The number of benzene rings is 1. The van der Waals surface area contributed by atoms with E-state index < -0.39 is 0 Å². The molecule has 2 heterocycles. The Hall–Kier alpha value is -0.720. The van der Waals surface area contributed by atoms with Crippen molar-refractivity contribution in [3.8, 4) is 0 Å². The van der Waals surface area contributed by atoms with Gasteiger partial charge in [-0.1, -0.05) is 34.5 Å². The number of nitrogens with one attached hydrogen (secondary N) is 2. The van der Waals surface area contributed by atoms with Crippen LogP contribution in [0.15, 0.2) is 34.8 Å². The summed E-state index contributed by atoms with van der Waals surface area (Å²) in [5.74, 6) is 0. The van der Waals surface area contributed by atoms with Gasteiger partial charge in [0.1, 0.15) is 0 Å². The van der Waals surface area contributed by atoms with Gasteiger partial charge in [-0.25, -0.2) is 4.98 Å². The maximum absolute atomic E-state index is 6.06. The number of aromatic amines is 1. The molecule has 0 atom stereocenters. The highest BCUT2D eigenvalue weighted by molar-refractivity contribution is 7.99. The Morgan fingerprint density at radius 3 is 3.05 bits per heavy atom. The summed E-state index contributed by atoms with van der Waals surface area (Å²) in [6.45, 7) is 0.924. The zero-order valence-corrected chi connectivity index (χ0v) is 14.2. The molecule has 0 aliphatic heterocycles. The van der Waals surface area contributed by atoms with Gasteiger partial charge >= 0.3 is 0 Å². The van der Waals surface area contributed by atoms with Gasteiger partial charge in [0.05, 0.1) is 10.4 Å². The quantitative estimate of drug-likeness (QED) is 0.472. The fourth-order valence-corrected chi connectivity index (χ4v) is 4.18. The maximum atomic E-state index is 6.06. The third-order valence-corrected chi connectivity index (χ3v) is 5.38. The molecule has 7 heteroatoms. The van der Waals surface area contributed by atoms with Crippen LogP contribution in [0.3, 0.4) is 0 Å². The SMILES string of the molecule is Clc1ccc2[nH]cc(CCCNSc3cnc(Cl)s3)c2c1. The minimum atomic E-state index is 0.579. The van der Waals surface area contributed by atoms with Gasteiger partial charge in [-0.3, -0.25) is 4.72 Å². The van der Waals surface area contributed by atoms with Crippen LogP contribution < -0.4 is 4.72 Å². The molecule has 2 N–H and O–H groups in total. The molecule has 0 radical (unpaired) electrons. The van der Waals surface area contributed by atoms with Crippen LogP contribution in [-0.4, -0.2) is 16.5 Å². The second-order valence-electron chi connectivity index (χ2n) is 4.54. The van der Waals surface area contributed by atoms with Gasteiger partial charge < -0.3 is 4.98 Å². The standard InChI is InChI=1S/C14H13Cl2N3S2/c15-10-3-4-12-11(6-10)9(7-17-12)2-1-5-19-21-13-8-18-14(16)20-13/h3-4,6-8,17,19H,1-2,5H2. The summed E-state index contributed by atoms with van der Waals surface area (Å²) in [5, 5.41) is 1.99. The molecule has 2 aromatic heterocycles. The van der Waals surface area contributed by atoms with Crippen LogP contribution in [0.4, 0.5) is 0 Å². The lowest BCUT2D eigenvalue weighted by molar-refractivity contribution is 0.801. The molecule has 21 heavy (non-hydrogen) atoms. The molecule has 0 saturated heterocycles. The summed E-state index contributed by atoms with van der Waals surface area (Å²) in [4.78, 5) is 7.28. The number of hydrogen-bond acceptors (Lipinski definition) is 4. The lowest BCUT2D eigenvalue weighted by Gasteiger charge is -2.02. The van der Waals surface area contributed by atoms with Gasteiger partial charge in [0.2, 0.25) is 0 Å². The third kappa shape index (κ3) is 3.93. The smallest absolute Gasteiger partial charge is 0.184 e. The Balaban J connectivity index is 1.49. The summed E-state index contributed by atoms with van der Waals surface area (Å²) in [6.07, 6.45) is 5.92. The first kappa shape index (κ1) is 15.2. The predicted molar refractivity (Wildman–Crippen MR) is 92.6 cm³/mol. The maximum Gasteiger partial charge on any atom is 0.184 e. The molecule has 0 bridgehead atoms. The van der Waals surface area contributed by atoms with Crippen molar-refractivity contribution >= 4 is 57.4 Å². The molecule has 0 fully saturated rings. The number of aryl methyl sites for hydroxylation is 1. The van der Waals surface area contributed by atoms with Crippen LogP contribution in [-0.2, 0) is 6.42 Å². The van der Waals surface area contributed by atoms with Crippen molar-refractivity contribution in [2.75, 3.05) is 6.54 Å². The van der Waals surface area contributed by atoms with Crippen molar-refractivity contribution in [2.45, 2.75) is 17.1 Å². The number of thiazole rings is 1. The van der Waals surface area contributed by atoms with Crippen LogP contribution >= 0.6 is 46.5 Å². The van der Waals surface area contributed by atoms with E-state index in [1.54, 1.807) is 18.1 Å². The van der Waals surface area contributed by atoms with Crippen LogP contribution in [0.5, 0.6) is 0 Å². The summed E-state index contributed by atoms with van der Waals surface area (Å²) in [7, 11) is 0. The fraction of sp³-hybridized carbons (Fsp3) is 0.214. The Kier molecular flexibility index (Phi) is 5.08. The van der Waals surface area contributed by atoms with Crippen LogP contribution in [0.25, 0.3) is 10.9 Å². The third-order valence-electron chi connectivity index (χ3n) is 3.08. The second-order valence-corrected chi connectivity index (χ2v) is 7.78. The minimum absolute atomic E-state index is 0.579. The Labute approximate surface area is 141 Å². The van der Waals surface area contributed by atoms with Gasteiger partial charge in [-0.2, -0.15) is 0 Å². The van der Waals surface area contributed by atoms with Gasteiger partial charge in [0.15, 0.2) is 4.47 Å². The summed E-state index contributed by atoms with van der Waals surface area (Å²) in [6, 6.07) is 5.94. The molecule has 0 saturated carbocycles. The van der Waals surface area contributed by atoms with E-state index in [0.29, 0.717) is 4.47 Å². The van der Waals surface area contributed by atoms with E-state index in [4.69, 9.17) is 23.2 Å². The van der Waals surface area contributed by atoms with Crippen LogP contribution in [0.1, 0.15) is 12.0 Å². The molecule has 1 aromatic carbocycles. The average Bonchev–Trinajstić information content (AvgIpc) is 3.05. The fourth-order valence-electron chi connectivity index (χ4n) is 2.12. The average molecular weight is 358 g/mol. The van der Waals surface area contributed by atoms with E-state index in [-0.39, 0.29) is 0 Å². The topological polar surface area (TPSA) is 40.7 Å². The Bertz CT molecular complexity index is 739. The van der Waals surface area contributed by atoms with E-state index in [1.807, 2.05) is 18.2 Å². The normalized spacial score (nSPS) is 11.3. The van der Waals surface area contributed by atoms with E-state index in [1.165, 1.54) is 22.3 Å². The monoisotopic (exact) mass is 357 g/mol. The van der Waals surface area contributed by atoms with E-state index >= 15 is 0 Å². The van der Waals surface area contributed by atoms with Crippen LogP contribution in [0, 0.1) is 0 Å². The highest BCUT2D eigenvalue weighted by Gasteiger charge is 2.04. The van der Waals surface area contributed by atoms with Crippen molar-refractivity contribution < 1.29 is 0 Å². The van der Waals surface area contributed by atoms with E-state index in [2.05, 4.69) is 20.9 Å². The van der Waals surface area contributed by atoms with E-state index in [0.717, 1.165) is 34.1 Å². The van der Waals surface area contributed by atoms with Crippen molar-refractivity contribution in [3.05, 3.63) is 45.6 Å². The number of aromatic nitrogens is 2. The minimum Gasteiger partial charge on any atom is -0.361 e. The van der Waals surface area contributed by atoms with Gasteiger partial charge in [0, 0.05) is 28.7 Å².